The number of anilines is 1. The zero-order chi connectivity index (χ0) is 18.0. The number of hydrogen-bond donors (Lipinski definition) is 2. The van der Waals surface area contributed by atoms with Gasteiger partial charge in [0.15, 0.2) is 11.5 Å². The third kappa shape index (κ3) is 3.08. The number of fused-ring (bicyclic) bond motifs is 1. The highest BCUT2D eigenvalue weighted by molar-refractivity contribution is 6.31. The molecule has 0 spiro atoms. The Kier molecular flexibility index (Phi) is 4.72. The number of H-pyrrole nitrogens is 1. The van der Waals surface area contributed by atoms with E-state index in [1.807, 2.05) is 0 Å². The fraction of sp³-hybridized carbons (Fsp3) is 0.167. The van der Waals surface area contributed by atoms with Crippen LogP contribution in [0.3, 0.4) is 0 Å². The second-order valence-electron chi connectivity index (χ2n) is 5.23. The molecule has 2 N–H and O–H groups in total. The maximum absolute atomic E-state index is 12.7. The van der Waals surface area contributed by atoms with Crippen LogP contribution in [0, 0.1) is 0 Å². The predicted molar refractivity (Wildman–Crippen MR) is 97.4 cm³/mol. The van der Waals surface area contributed by atoms with Gasteiger partial charge in [-0.1, -0.05) is 17.7 Å². The average molecular weight is 361 g/mol. The Morgan fingerprint density at radius 1 is 1.08 bits per heavy atom. The standard InChI is InChI=1S/C18H17ClN2O4/c1-23-14-8-13-15(17(25-3)16(14)24-2)12(9-20-13)18(22)21-11-6-4-5-10(19)7-11/h4-9,20H,1-3H3,(H,21,22). The van der Waals surface area contributed by atoms with Gasteiger partial charge in [0.25, 0.3) is 5.91 Å². The van der Waals surface area contributed by atoms with Crippen LogP contribution in [-0.2, 0) is 0 Å². The SMILES string of the molecule is COc1cc2[nH]cc(C(=O)Nc3cccc(Cl)c3)c2c(OC)c1OC. The van der Waals surface area contributed by atoms with Gasteiger partial charge >= 0.3 is 0 Å². The summed E-state index contributed by atoms with van der Waals surface area (Å²) in [6.45, 7) is 0. The molecule has 0 bridgehead atoms. The lowest BCUT2D eigenvalue weighted by molar-refractivity contribution is 0.102. The monoisotopic (exact) mass is 360 g/mol. The molecule has 0 atom stereocenters. The van der Waals surface area contributed by atoms with Crippen molar-refractivity contribution in [3.63, 3.8) is 0 Å². The second-order valence-corrected chi connectivity index (χ2v) is 5.67. The van der Waals surface area contributed by atoms with Crippen molar-refractivity contribution < 1.29 is 19.0 Å². The zero-order valence-electron chi connectivity index (χ0n) is 14.0. The normalized spacial score (nSPS) is 10.6. The molecule has 0 unspecified atom stereocenters. The Balaban J connectivity index is 2.09. The van der Waals surface area contributed by atoms with Gasteiger partial charge in [0.1, 0.15) is 0 Å². The van der Waals surface area contributed by atoms with Crippen LogP contribution in [0.4, 0.5) is 5.69 Å². The highest BCUT2D eigenvalue weighted by Gasteiger charge is 2.22. The molecule has 1 amide bonds. The summed E-state index contributed by atoms with van der Waals surface area (Å²) in [6.07, 6.45) is 1.62. The number of halogens is 1. The first-order valence-corrected chi connectivity index (χ1v) is 7.83. The second kappa shape index (κ2) is 6.94. The van der Waals surface area contributed by atoms with Crippen molar-refractivity contribution >= 4 is 34.1 Å². The Labute approximate surface area is 149 Å². The van der Waals surface area contributed by atoms with Crippen LogP contribution in [-0.4, -0.2) is 32.2 Å². The van der Waals surface area contributed by atoms with Crippen molar-refractivity contribution in [2.45, 2.75) is 0 Å². The molecule has 1 heterocycles. The maximum atomic E-state index is 12.7. The smallest absolute Gasteiger partial charge is 0.257 e. The predicted octanol–water partition coefficient (Wildman–Crippen LogP) is 4.10. The molecule has 6 nitrogen and oxygen atoms in total. The van der Waals surface area contributed by atoms with Crippen LogP contribution in [0.5, 0.6) is 17.2 Å². The molecule has 7 heteroatoms. The van der Waals surface area contributed by atoms with Gasteiger partial charge < -0.3 is 24.5 Å². The number of methoxy groups -OCH3 is 3. The lowest BCUT2D eigenvalue weighted by atomic mass is 10.1. The molecular formula is C18H17ClN2O4. The van der Waals surface area contributed by atoms with E-state index in [2.05, 4.69) is 10.3 Å². The number of nitrogens with one attached hydrogen (secondary N) is 2. The Morgan fingerprint density at radius 2 is 1.84 bits per heavy atom. The molecule has 0 aliphatic heterocycles. The van der Waals surface area contributed by atoms with Crippen LogP contribution in [0.25, 0.3) is 10.9 Å². The Hall–Kier alpha value is -2.86. The van der Waals surface area contributed by atoms with Crippen molar-refractivity contribution in [1.29, 1.82) is 0 Å². The van der Waals surface area contributed by atoms with E-state index < -0.39 is 0 Å². The van der Waals surface area contributed by atoms with Crippen molar-refractivity contribution in [3.8, 4) is 17.2 Å². The first-order valence-electron chi connectivity index (χ1n) is 7.46. The van der Waals surface area contributed by atoms with Gasteiger partial charge in [0, 0.05) is 23.0 Å². The quantitative estimate of drug-likeness (QED) is 0.718. The van der Waals surface area contributed by atoms with Gasteiger partial charge in [0.2, 0.25) is 5.75 Å². The number of amides is 1. The van der Waals surface area contributed by atoms with Gasteiger partial charge in [-0.2, -0.15) is 0 Å². The summed E-state index contributed by atoms with van der Waals surface area (Å²) in [5.41, 5.74) is 1.73. The molecule has 3 rings (SSSR count). The van der Waals surface area contributed by atoms with Gasteiger partial charge in [-0.3, -0.25) is 4.79 Å². The first-order chi connectivity index (χ1) is 12.1. The maximum Gasteiger partial charge on any atom is 0.257 e. The van der Waals surface area contributed by atoms with E-state index in [0.717, 1.165) is 0 Å². The third-order valence-electron chi connectivity index (χ3n) is 3.80. The molecule has 130 valence electrons. The van der Waals surface area contributed by atoms with Crippen LogP contribution in [0.2, 0.25) is 5.02 Å². The molecule has 0 aliphatic rings. The molecule has 0 fully saturated rings. The number of aromatic amines is 1. The molecule has 0 saturated carbocycles. The summed E-state index contributed by atoms with van der Waals surface area (Å²) in [5, 5.41) is 3.98. The number of rotatable bonds is 5. The largest absolute Gasteiger partial charge is 0.493 e. The van der Waals surface area contributed by atoms with Crippen LogP contribution in [0.15, 0.2) is 36.5 Å². The van der Waals surface area contributed by atoms with E-state index in [1.165, 1.54) is 14.2 Å². The fourth-order valence-corrected chi connectivity index (χ4v) is 2.89. The number of benzene rings is 2. The van der Waals surface area contributed by atoms with Gasteiger partial charge in [0.05, 0.1) is 37.8 Å². The van der Waals surface area contributed by atoms with E-state index in [-0.39, 0.29) is 5.91 Å². The Morgan fingerprint density at radius 3 is 2.48 bits per heavy atom. The Bertz CT molecular complexity index is 936. The molecule has 0 saturated heterocycles. The van der Waals surface area contributed by atoms with E-state index >= 15 is 0 Å². The summed E-state index contributed by atoms with van der Waals surface area (Å²) in [6, 6.07) is 8.70. The minimum atomic E-state index is -0.293. The average Bonchev–Trinajstić information content (AvgIpc) is 3.03. The summed E-state index contributed by atoms with van der Waals surface area (Å²) >= 11 is 5.96. The van der Waals surface area contributed by atoms with Gasteiger partial charge in [-0.25, -0.2) is 0 Å². The molecular weight excluding hydrogens is 344 g/mol. The summed E-state index contributed by atoms with van der Waals surface area (Å²) < 4.78 is 16.2. The minimum absolute atomic E-state index is 0.293. The van der Waals surface area contributed by atoms with Gasteiger partial charge in [-0.05, 0) is 18.2 Å². The van der Waals surface area contributed by atoms with Gasteiger partial charge in [-0.15, -0.1) is 0 Å². The van der Waals surface area contributed by atoms with Crippen LogP contribution >= 0.6 is 11.6 Å². The van der Waals surface area contributed by atoms with E-state index in [4.69, 9.17) is 25.8 Å². The van der Waals surface area contributed by atoms with E-state index in [9.17, 15) is 4.79 Å². The molecule has 0 radical (unpaired) electrons. The molecule has 0 aliphatic carbocycles. The van der Waals surface area contributed by atoms with Crippen LogP contribution < -0.4 is 19.5 Å². The molecule has 1 aromatic heterocycles. The van der Waals surface area contributed by atoms with Crippen molar-refractivity contribution in [2.75, 3.05) is 26.6 Å². The highest BCUT2D eigenvalue weighted by Crippen LogP contribution is 2.44. The summed E-state index contributed by atoms with van der Waals surface area (Å²) in [7, 11) is 4.58. The lowest BCUT2D eigenvalue weighted by Gasteiger charge is -2.14. The number of carbonyl (C=O) groups is 1. The minimum Gasteiger partial charge on any atom is -0.493 e. The highest BCUT2D eigenvalue weighted by atomic mass is 35.5. The lowest BCUT2D eigenvalue weighted by Crippen LogP contribution is -2.11. The summed E-state index contributed by atoms with van der Waals surface area (Å²) in [5.74, 6) is 1.07. The molecule has 2 aromatic carbocycles. The zero-order valence-corrected chi connectivity index (χ0v) is 14.7. The van der Waals surface area contributed by atoms with Crippen LogP contribution in [0.1, 0.15) is 10.4 Å². The van der Waals surface area contributed by atoms with E-state index in [0.29, 0.717) is 44.4 Å². The number of carbonyl (C=O) groups excluding carboxylic acids is 1. The fourth-order valence-electron chi connectivity index (χ4n) is 2.70. The van der Waals surface area contributed by atoms with Crippen molar-refractivity contribution in [2.24, 2.45) is 0 Å². The number of aromatic nitrogens is 1. The van der Waals surface area contributed by atoms with Crippen molar-refractivity contribution in [3.05, 3.63) is 47.1 Å². The molecule has 3 aromatic rings. The first kappa shape index (κ1) is 17.0. The molecule has 25 heavy (non-hydrogen) atoms. The third-order valence-corrected chi connectivity index (χ3v) is 4.03. The summed E-state index contributed by atoms with van der Waals surface area (Å²) in [4.78, 5) is 15.8. The number of ether oxygens (including phenoxy) is 3. The van der Waals surface area contributed by atoms with E-state index in [1.54, 1.807) is 43.6 Å². The topological polar surface area (TPSA) is 72.6 Å². The van der Waals surface area contributed by atoms with Crippen molar-refractivity contribution in [1.82, 2.24) is 4.98 Å². The number of hydrogen-bond acceptors (Lipinski definition) is 4.